The van der Waals surface area contributed by atoms with E-state index in [9.17, 15) is 9.59 Å². The molecule has 0 saturated heterocycles. The first kappa shape index (κ1) is 19.4. The van der Waals surface area contributed by atoms with Crippen molar-refractivity contribution in [1.82, 2.24) is 10.3 Å². The molecule has 3 aromatic rings. The van der Waals surface area contributed by atoms with Crippen LogP contribution in [-0.4, -0.2) is 23.3 Å². The smallest absolute Gasteiger partial charge is 0.253 e. The maximum atomic E-state index is 12.5. The largest absolute Gasteiger partial charge is 0.441 e. The van der Waals surface area contributed by atoms with Crippen molar-refractivity contribution in [3.63, 3.8) is 0 Å². The summed E-state index contributed by atoms with van der Waals surface area (Å²) < 4.78 is 5.70. The molecule has 0 aliphatic carbocycles. The maximum absolute atomic E-state index is 12.5. The van der Waals surface area contributed by atoms with Crippen LogP contribution in [-0.2, 0) is 11.2 Å². The molecular weight excluding hydrogens is 354 g/mol. The predicted octanol–water partition coefficient (Wildman–Crippen LogP) is 3.97. The van der Waals surface area contributed by atoms with Crippen molar-refractivity contribution >= 4 is 17.5 Å². The molecule has 0 aliphatic heterocycles. The Hall–Kier alpha value is -3.41. The highest BCUT2D eigenvalue weighted by molar-refractivity contribution is 6.04. The molecular formula is C22H23N3O3. The van der Waals surface area contributed by atoms with Gasteiger partial charge in [0.25, 0.3) is 5.91 Å². The van der Waals surface area contributed by atoms with Gasteiger partial charge in [0.05, 0.1) is 23.4 Å². The zero-order valence-corrected chi connectivity index (χ0v) is 16.0. The van der Waals surface area contributed by atoms with E-state index in [2.05, 4.69) is 15.6 Å². The van der Waals surface area contributed by atoms with Gasteiger partial charge in [0.15, 0.2) is 0 Å². The first-order chi connectivity index (χ1) is 13.6. The second-order valence-electron chi connectivity index (χ2n) is 6.41. The number of oxazole rings is 1. The van der Waals surface area contributed by atoms with Crippen LogP contribution < -0.4 is 10.6 Å². The molecule has 0 radical (unpaired) electrons. The van der Waals surface area contributed by atoms with Gasteiger partial charge in [-0.1, -0.05) is 37.3 Å². The molecule has 0 aliphatic rings. The van der Waals surface area contributed by atoms with Crippen LogP contribution in [0.1, 0.15) is 35.2 Å². The minimum atomic E-state index is -0.258. The zero-order valence-electron chi connectivity index (χ0n) is 16.0. The fraction of sp³-hybridized carbons (Fsp3) is 0.227. The van der Waals surface area contributed by atoms with E-state index in [0.29, 0.717) is 35.1 Å². The molecule has 1 aromatic heterocycles. The van der Waals surface area contributed by atoms with Gasteiger partial charge < -0.3 is 15.1 Å². The normalized spacial score (nSPS) is 10.5. The van der Waals surface area contributed by atoms with Gasteiger partial charge in [-0.05, 0) is 37.6 Å². The van der Waals surface area contributed by atoms with Crippen LogP contribution in [0.3, 0.4) is 0 Å². The van der Waals surface area contributed by atoms with Crippen LogP contribution in [0.15, 0.2) is 59.0 Å². The van der Waals surface area contributed by atoms with Crippen LogP contribution in [0.4, 0.5) is 5.69 Å². The van der Waals surface area contributed by atoms with Gasteiger partial charge in [0.2, 0.25) is 11.8 Å². The number of carbonyl (C=O) groups excluding carboxylic acids is 2. The molecule has 1 heterocycles. The van der Waals surface area contributed by atoms with Gasteiger partial charge in [-0.2, -0.15) is 0 Å². The average Bonchev–Trinajstić information content (AvgIpc) is 3.07. The summed E-state index contributed by atoms with van der Waals surface area (Å²) in [4.78, 5) is 29.3. The Morgan fingerprint density at radius 2 is 1.75 bits per heavy atom. The second kappa shape index (κ2) is 8.99. The Balaban J connectivity index is 1.72. The summed E-state index contributed by atoms with van der Waals surface area (Å²) >= 11 is 0. The van der Waals surface area contributed by atoms with Gasteiger partial charge in [-0.25, -0.2) is 4.98 Å². The molecule has 6 heteroatoms. The van der Waals surface area contributed by atoms with E-state index >= 15 is 0 Å². The molecule has 0 atom stereocenters. The Labute approximate surface area is 164 Å². The van der Waals surface area contributed by atoms with Gasteiger partial charge in [-0.3, -0.25) is 9.59 Å². The van der Waals surface area contributed by atoms with Crippen molar-refractivity contribution in [3.05, 3.63) is 71.6 Å². The number of benzene rings is 2. The van der Waals surface area contributed by atoms with E-state index in [-0.39, 0.29) is 18.2 Å². The molecule has 6 nitrogen and oxygen atoms in total. The number of anilines is 1. The average molecular weight is 377 g/mol. The molecule has 0 bridgehead atoms. The summed E-state index contributed by atoms with van der Waals surface area (Å²) in [6, 6.07) is 16.5. The topological polar surface area (TPSA) is 84.2 Å². The standard InChI is InChI=1S/C22H23N3O3/c1-3-13-23-21(27)17-11-7-8-12-18(17)24-20(26)14-19-15(2)28-22(25-19)16-9-5-4-6-10-16/h4-12H,3,13-14H2,1-2H3,(H,23,27)(H,24,26). The van der Waals surface area contributed by atoms with Crippen LogP contribution in [0.5, 0.6) is 0 Å². The lowest BCUT2D eigenvalue weighted by molar-refractivity contribution is -0.115. The van der Waals surface area contributed by atoms with E-state index in [1.807, 2.05) is 37.3 Å². The quantitative estimate of drug-likeness (QED) is 0.652. The Kier molecular flexibility index (Phi) is 6.22. The summed E-state index contributed by atoms with van der Waals surface area (Å²) in [6.45, 7) is 4.35. The Bertz CT molecular complexity index is 964. The lowest BCUT2D eigenvalue weighted by Crippen LogP contribution is -2.26. The summed E-state index contributed by atoms with van der Waals surface area (Å²) in [5, 5.41) is 5.64. The molecule has 2 aromatic carbocycles. The third kappa shape index (κ3) is 4.65. The molecule has 28 heavy (non-hydrogen) atoms. The number of carbonyl (C=O) groups is 2. The lowest BCUT2D eigenvalue weighted by atomic mass is 10.1. The number of aryl methyl sites for hydroxylation is 1. The van der Waals surface area contributed by atoms with E-state index in [1.165, 1.54) is 0 Å². The third-order valence-corrected chi connectivity index (χ3v) is 4.22. The summed E-state index contributed by atoms with van der Waals surface area (Å²) in [5.41, 5.74) is 2.34. The van der Waals surface area contributed by atoms with E-state index in [0.717, 1.165) is 12.0 Å². The number of nitrogens with one attached hydrogen (secondary N) is 2. The SMILES string of the molecule is CCCNC(=O)c1ccccc1NC(=O)Cc1nc(-c2ccccc2)oc1C. The van der Waals surface area contributed by atoms with E-state index in [1.54, 1.807) is 31.2 Å². The summed E-state index contributed by atoms with van der Waals surface area (Å²) in [6.07, 6.45) is 0.905. The zero-order chi connectivity index (χ0) is 19.9. The highest BCUT2D eigenvalue weighted by Crippen LogP contribution is 2.22. The minimum Gasteiger partial charge on any atom is -0.441 e. The summed E-state index contributed by atoms with van der Waals surface area (Å²) in [7, 11) is 0. The number of amides is 2. The van der Waals surface area contributed by atoms with Crippen molar-refractivity contribution in [3.8, 4) is 11.5 Å². The first-order valence-corrected chi connectivity index (χ1v) is 9.27. The maximum Gasteiger partial charge on any atom is 0.253 e. The van der Waals surface area contributed by atoms with Crippen molar-refractivity contribution in [2.45, 2.75) is 26.7 Å². The molecule has 0 unspecified atom stereocenters. The number of rotatable bonds is 7. The molecule has 2 N–H and O–H groups in total. The third-order valence-electron chi connectivity index (χ3n) is 4.22. The number of aromatic nitrogens is 1. The second-order valence-corrected chi connectivity index (χ2v) is 6.41. The molecule has 0 fully saturated rings. The van der Waals surface area contributed by atoms with Crippen LogP contribution in [0.25, 0.3) is 11.5 Å². The Morgan fingerprint density at radius 3 is 2.50 bits per heavy atom. The number of hydrogen-bond donors (Lipinski definition) is 2. The monoisotopic (exact) mass is 377 g/mol. The number of para-hydroxylation sites is 1. The number of hydrogen-bond acceptors (Lipinski definition) is 4. The highest BCUT2D eigenvalue weighted by atomic mass is 16.4. The van der Waals surface area contributed by atoms with Gasteiger partial charge in [0, 0.05) is 12.1 Å². The number of nitrogens with zero attached hydrogens (tertiary/aromatic N) is 1. The van der Waals surface area contributed by atoms with Crippen LogP contribution in [0, 0.1) is 6.92 Å². The summed E-state index contributed by atoms with van der Waals surface area (Å²) in [5.74, 6) is 0.622. The van der Waals surface area contributed by atoms with Crippen molar-refractivity contribution < 1.29 is 14.0 Å². The Morgan fingerprint density at radius 1 is 1.04 bits per heavy atom. The van der Waals surface area contributed by atoms with Crippen molar-refractivity contribution in [1.29, 1.82) is 0 Å². The molecule has 0 saturated carbocycles. The van der Waals surface area contributed by atoms with Gasteiger partial charge in [-0.15, -0.1) is 0 Å². The highest BCUT2D eigenvalue weighted by Gasteiger charge is 2.17. The van der Waals surface area contributed by atoms with E-state index in [4.69, 9.17) is 4.42 Å². The van der Waals surface area contributed by atoms with Crippen LogP contribution >= 0.6 is 0 Å². The van der Waals surface area contributed by atoms with Gasteiger partial charge in [0.1, 0.15) is 5.76 Å². The fourth-order valence-corrected chi connectivity index (χ4v) is 2.77. The lowest BCUT2D eigenvalue weighted by Gasteiger charge is -2.10. The van der Waals surface area contributed by atoms with E-state index < -0.39 is 0 Å². The molecule has 2 amide bonds. The predicted molar refractivity (Wildman–Crippen MR) is 108 cm³/mol. The molecule has 144 valence electrons. The van der Waals surface area contributed by atoms with Crippen molar-refractivity contribution in [2.75, 3.05) is 11.9 Å². The molecule has 0 spiro atoms. The van der Waals surface area contributed by atoms with Gasteiger partial charge >= 0.3 is 0 Å². The van der Waals surface area contributed by atoms with Crippen LogP contribution in [0.2, 0.25) is 0 Å². The fourth-order valence-electron chi connectivity index (χ4n) is 2.77. The molecule has 3 rings (SSSR count). The minimum absolute atomic E-state index is 0.0626. The van der Waals surface area contributed by atoms with Crippen molar-refractivity contribution in [2.24, 2.45) is 0 Å². The first-order valence-electron chi connectivity index (χ1n) is 9.27.